The molecule has 0 aromatic carbocycles. The minimum atomic E-state index is 0.465. The minimum absolute atomic E-state index is 0.465. The van der Waals surface area contributed by atoms with Gasteiger partial charge in [-0.25, -0.2) is 0 Å². The van der Waals surface area contributed by atoms with Crippen molar-refractivity contribution in [3.63, 3.8) is 0 Å². The molecular weight excluding hydrogens is 166 g/mol. The van der Waals surface area contributed by atoms with E-state index >= 15 is 0 Å². The van der Waals surface area contributed by atoms with E-state index in [1.54, 1.807) is 11.3 Å². The fraction of sp³-hybridized carbons (Fsp3) is 0.400. The Hall–Kier alpha value is -0.600. The van der Waals surface area contributed by atoms with E-state index in [-0.39, 0.29) is 0 Å². The normalized spacial score (nSPS) is 12.8. The first-order valence-corrected chi connectivity index (χ1v) is 5.14. The smallest absolute Gasteiger partial charge is 0.0449 e. The molecule has 66 valence electrons. The van der Waals surface area contributed by atoms with Crippen LogP contribution in [0.2, 0.25) is 0 Å². The third kappa shape index (κ3) is 2.47. The molecule has 2 heteroatoms. The summed E-state index contributed by atoms with van der Waals surface area (Å²) in [6, 6.07) is 4.72. The first kappa shape index (κ1) is 9.49. The van der Waals surface area contributed by atoms with Crippen LogP contribution < -0.4 is 5.32 Å². The van der Waals surface area contributed by atoms with E-state index in [0.29, 0.717) is 6.04 Å². The maximum absolute atomic E-state index is 3.76. The highest BCUT2D eigenvalue weighted by molar-refractivity contribution is 7.10. The number of hydrogen-bond donors (Lipinski definition) is 1. The molecule has 0 bridgehead atoms. The Bertz CT molecular complexity index is 216. The summed E-state index contributed by atoms with van der Waals surface area (Å²) in [5, 5.41) is 5.54. The lowest BCUT2D eigenvalue weighted by atomic mass is 10.1. The molecule has 0 saturated carbocycles. The van der Waals surface area contributed by atoms with Gasteiger partial charge in [0.1, 0.15) is 0 Å². The molecular formula is C10H15NS. The highest BCUT2D eigenvalue weighted by Crippen LogP contribution is 2.21. The van der Waals surface area contributed by atoms with Gasteiger partial charge < -0.3 is 5.32 Å². The molecule has 0 fully saturated rings. The van der Waals surface area contributed by atoms with Crippen molar-refractivity contribution in [2.24, 2.45) is 0 Å². The van der Waals surface area contributed by atoms with Gasteiger partial charge in [-0.05, 0) is 24.4 Å². The summed E-state index contributed by atoms with van der Waals surface area (Å²) in [5.74, 6) is 0. The molecule has 1 aromatic rings. The van der Waals surface area contributed by atoms with Crippen molar-refractivity contribution in [1.29, 1.82) is 0 Å². The zero-order chi connectivity index (χ0) is 8.81. The first-order valence-electron chi connectivity index (χ1n) is 4.26. The van der Waals surface area contributed by atoms with Crippen molar-refractivity contribution in [1.82, 2.24) is 5.32 Å². The number of rotatable bonds is 5. The summed E-state index contributed by atoms with van der Waals surface area (Å²) in [5.41, 5.74) is 0. The second kappa shape index (κ2) is 5.12. The third-order valence-corrected chi connectivity index (χ3v) is 2.73. The van der Waals surface area contributed by atoms with Gasteiger partial charge in [-0.15, -0.1) is 17.9 Å². The van der Waals surface area contributed by atoms with Crippen LogP contribution in [0.25, 0.3) is 0 Å². The minimum Gasteiger partial charge on any atom is -0.309 e. The summed E-state index contributed by atoms with van der Waals surface area (Å²) >= 11 is 1.80. The average molecular weight is 181 g/mol. The standard InChI is InChI=1S/C10H15NS/c1-3-6-9(11-4-2)10-7-5-8-12-10/h3,5,7-9,11H,1,4,6H2,2H3. The number of thiophene rings is 1. The summed E-state index contributed by atoms with van der Waals surface area (Å²) in [6.07, 6.45) is 2.97. The lowest BCUT2D eigenvalue weighted by molar-refractivity contribution is 0.567. The largest absolute Gasteiger partial charge is 0.309 e. The molecule has 1 rings (SSSR count). The summed E-state index contributed by atoms with van der Waals surface area (Å²) in [6.45, 7) is 6.90. The van der Waals surface area contributed by atoms with E-state index in [2.05, 4.69) is 36.3 Å². The molecule has 0 aliphatic carbocycles. The number of hydrogen-bond acceptors (Lipinski definition) is 2. The van der Waals surface area contributed by atoms with Crippen molar-refractivity contribution in [3.8, 4) is 0 Å². The lowest BCUT2D eigenvalue weighted by Gasteiger charge is -2.13. The first-order chi connectivity index (χ1) is 5.88. The van der Waals surface area contributed by atoms with Crippen LogP contribution in [0.3, 0.4) is 0 Å². The molecule has 1 atom stereocenters. The van der Waals surface area contributed by atoms with Crippen molar-refractivity contribution in [2.45, 2.75) is 19.4 Å². The molecule has 1 unspecified atom stereocenters. The monoisotopic (exact) mass is 181 g/mol. The molecule has 0 spiro atoms. The maximum Gasteiger partial charge on any atom is 0.0449 e. The van der Waals surface area contributed by atoms with Crippen LogP contribution in [0.5, 0.6) is 0 Å². The van der Waals surface area contributed by atoms with Crippen molar-refractivity contribution >= 4 is 11.3 Å². The molecule has 0 radical (unpaired) electrons. The molecule has 0 aliphatic rings. The molecule has 0 amide bonds. The van der Waals surface area contributed by atoms with Gasteiger partial charge in [0, 0.05) is 10.9 Å². The van der Waals surface area contributed by atoms with Gasteiger partial charge in [-0.1, -0.05) is 19.1 Å². The average Bonchev–Trinajstić information content (AvgIpc) is 2.56. The van der Waals surface area contributed by atoms with Gasteiger partial charge in [0.05, 0.1) is 0 Å². The van der Waals surface area contributed by atoms with E-state index in [4.69, 9.17) is 0 Å². The van der Waals surface area contributed by atoms with Gasteiger partial charge in [0.2, 0.25) is 0 Å². The van der Waals surface area contributed by atoms with Crippen molar-refractivity contribution in [2.75, 3.05) is 6.54 Å². The van der Waals surface area contributed by atoms with E-state index < -0.39 is 0 Å². The van der Waals surface area contributed by atoms with Crippen LogP contribution in [-0.4, -0.2) is 6.54 Å². The molecule has 12 heavy (non-hydrogen) atoms. The highest BCUT2D eigenvalue weighted by atomic mass is 32.1. The zero-order valence-electron chi connectivity index (χ0n) is 7.42. The van der Waals surface area contributed by atoms with E-state index in [1.807, 2.05) is 6.08 Å². The Morgan fingerprint density at radius 2 is 2.58 bits per heavy atom. The van der Waals surface area contributed by atoms with Gasteiger partial charge in [-0.3, -0.25) is 0 Å². The van der Waals surface area contributed by atoms with Gasteiger partial charge in [0.15, 0.2) is 0 Å². The van der Waals surface area contributed by atoms with Crippen LogP contribution >= 0.6 is 11.3 Å². The van der Waals surface area contributed by atoms with Crippen molar-refractivity contribution < 1.29 is 0 Å². The summed E-state index contributed by atoms with van der Waals surface area (Å²) < 4.78 is 0. The molecule has 0 aliphatic heterocycles. The van der Waals surface area contributed by atoms with E-state index in [9.17, 15) is 0 Å². The molecule has 1 heterocycles. The van der Waals surface area contributed by atoms with Crippen LogP contribution in [-0.2, 0) is 0 Å². The Morgan fingerprint density at radius 1 is 1.75 bits per heavy atom. The Balaban J connectivity index is 2.59. The van der Waals surface area contributed by atoms with Gasteiger partial charge in [0.25, 0.3) is 0 Å². The Morgan fingerprint density at radius 3 is 3.08 bits per heavy atom. The fourth-order valence-corrected chi connectivity index (χ4v) is 2.02. The Kier molecular flexibility index (Phi) is 4.05. The zero-order valence-corrected chi connectivity index (χ0v) is 8.23. The van der Waals surface area contributed by atoms with Crippen molar-refractivity contribution in [3.05, 3.63) is 35.0 Å². The Labute approximate surface area is 78.1 Å². The van der Waals surface area contributed by atoms with E-state index in [1.165, 1.54) is 4.88 Å². The molecule has 1 N–H and O–H groups in total. The molecule has 1 aromatic heterocycles. The van der Waals surface area contributed by atoms with Crippen LogP contribution in [0, 0.1) is 0 Å². The van der Waals surface area contributed by atoms with E-state index in [0.717, 1.165) is 13.0 Å². The predicted molar refractivity (Wildman–Crippen MR) is 55.6 cm³/mol. The fourth-order valence-electron chi connectivity index (χ4n) is 1.20. The SMILES string of the molecule is C=CCC(NCC)c1cccs1. The number of nitrogens with one attached hydrogen (secondary N) is 1. The van der Waals surface area contributed by atoms with Crippen LogP contribution in [0.15, 0.2) is 30.2 Å². The maximum atomic E-state index is 3.76. The molecule has 1 nitrogen and oxygen atoms in total. The van der Waals surface area contributed by atoms with Gasteiger partial charge >= 0.3 is 0 Å². The van der Waals surface area contributed by atoms with Crippen LogP contribution in [0.4, 0.5) is 0 Å². The summed E-state index contributed by atoms with van der Waals surface area (Å²) in [7, 11) is 0. The third-order valence-electron chi connectivity index (χ3n) is 1.74. The summed E-state index contributed by atoms with van der Waals surface area (Å²) in [4.78, 5) is 1.40. The lowest BCUT2D eigenvalue weighted by Crippen LogP contribution is -2.19. The second-order valence-corrected chi connectivity index (χ2v) is 3.63. The molecule has 0 saturated heterocycles. The topological polar surface area (TPSA) is 12.0 Å². The second-order valence-electron chi connectivity index (χ2n) is 2.65. The van der Waals surface area contributed by atoms with Crippen LogP contribution in [0.1, 0.15) is 24.3 Å². The van der Waals surface area contributed by atoms with Gasteiger partial charge in [-0.2, -0.15) is 0 Å². The highest BCUT2D eigenvalue weighted by Gasteiger charge is 2.07. The predicted octanol–water partition coefficient (Wildman–Crippen LogP) is 2.97. The quantitative estimate of drug-likeness (QED) is 0.689.